The van der Waals surface area contributed by atoms with Gasteiger partial charge < -0.3 is 9.47 Å². The van der Waals surface area contributed by atoms with Crippen LogP contribution >= 0.6 is 11.3 Å². The maximum atomic E-state index is 13.1. The molecular weight excluding hydrogens is 279 g/mol. The number of hydrogen-bond donors (Lipinski definition) is 0. The number of carbonyl (C=O) groups is 1. The monoisotopic (exact) mass is 294 g/mol. The molecule has 1 atom stereocenters. The highest BCUT2D eigenvalue weighted by Crippen LogP contribution is 2.26. The summed E-state index contributed by atoms with van der Waals surface area (Å²) in [5, 5.41) is 0. The van der Waals surface area contributed by atoms with Gasteiger partial charge in [-0.2, -0.15) is 0 Å². The second kappa shape index (κ2) is 6.52. The molecule has 0 aliphatic heterocycles. The molecule has 3 nitrogen and oxygen atoms in total. The molecular formula is C15H15FO3S. The third-order valence-electron chi connectivity index (χ3n) is 2.80. The number of aryl methyl sites for hydroxylation is 1. The standard InChI is InChI=1S/C15H15FO3S/c1-10-6-7-14(20-10)13(15(17)18-2)9-19-12-5-3-4-11(16)8-12/h3-8,13H,9H2,1-2H3. The second-order valence-electron chi connectivity index (χ2n) is 4.29. The Morgan fingerprint density at radius 1 is 1.35 bits per heavy atom. The van der Waals surface area contributed by atoms with Crippen molar-refractivity contribution in [1.82, 2.24) is 0 Å². The first-order valence-corrected chi connectivity index (χ1v) is 6.94. The van der Waals surface area contributed by atoms with Crippen LogP contribution in [-0.2, 0) is 9.53 Å². The van der Waals surface area contributed by atoms with E-state index in [0.717, 1.165) is 9.75 Å². The molecule has 1 unspecified atom stereocenters. The highest BCUT2D eigenvalue weighted by molar-refractivity contribution is 7.12. The normalized spacial score (nSPS) is 11.9. The van der Waals surface area contributed by atoms with Crippen molar-refractivity contribution in [2.24, 2.45) is 0 Å². The first kappa shape index (κ1) is 14.5. The fraction of sp³-hybridized carbons (Fsp3) is 0.267. The van der Waals surface area contributed by atoms with Gasteiger partial charge in [0.1, 0.15) is 24.1 Å². The molecule has 1 aromatic carbocycles. The van der Waals surface area contributed by atoms with Crippen LogP contribution in [0, 0.1) is 12.7 Å². The summed E-state index contributed by atoms with van der Waals surface area (Å²) < 4.78 is 23.4. The van der Waals surface area contributed by atoms with Crippen molar-refractivity contribution in [3.63, 3.8) is 0 Å². The molecule has 0 aliphatic carbocycles. The summed E-state index contributed by atoms with van der Waals surface area (Å²) in [5.41, 5.74) is 0. The average molecular weight is 294 g/mol. The largest absolute Gasteiger partial charge is 0.492 e. The number of hydrogen-bond acceptors (Lipinski definition) is 4. The van der Waals surface area contributed by atoms with Gasteiger partial charge >= 0.3 is 5.97 Å². The van der Waals surface area contributed by atoms with E-state index in [0.29, 0.717) is 5.75 Å². The number of esters is 1. The number of thiophene rings is 1. The topological polar surface area (TPSA) is 35.5 Å². The number of carbonyl (C=O) groups excluding carboxylic acids is 1. The Bertz CT molecular complexity index is 594. The molecule has 0 N–H and O–H groups in total. The van der Waals surface area contributed by atoms with E-state index in [-0.39, 0.29) is 18.4 Å². The lowest BCUT2D eigenvalue weighted by Gasteiger charge is -2.14. The molecule has 5 heteroatoms. The lowest BCUT2D eigenvalue weighted by Crippen LogP contribution is -2.20. The van der Waals surface area contributed by atoms with Gasteiger partial charge in [-0.25, -0.2) is 4.39 Å². The van der Waals surface area contributed by atoms with Gasteiger partial charge in [0.05, 0.1) is 7.11 Å². The number of ether oxygens (including phenoxy) is 2. The minimum absolute atomic E-state index is 0.121. The van der Waals surface area contributed by atoms with Crippen molar-refractivity contribution in [3.05, 3.63) is 52.0 Å². The van der Waals surface area contributed by atoms with E-state index < -0.39 is 5.92 Å². The van der Waals surface area contributed by atoms with Crippen molar-refractivity contribution >= 4 is 17.3 Å². The zero-order valence-electron chi connectivity index (χ0n) is 11.3. The van der Waals surface area contributed by atoms with E-state index in [9.17, 15) is 9.18 Å². The maximum Gasteiger partial charge on any atom is 0.317 e. The van der Waals surface area contributed by atoms with Crippen LogP contribution in [-0.4, -0.2) is 19.7 Å². The summed E-state index contributed by atoms with van der Waals surface area (Å²) >= 11 is 1.52. The fourth-order valence-corrected chi connectivity index (χ4v) is 2.74. The Morgan fingerprint density at radius 3 is 2.75 bits per heavy atom. The first-order chi connectivity index (χ1) is 9.60. The minimum Gasteiger partial charge on any atom is -0.492 e. The van der Waals surface area contributed by atoms with E-state index in [1.165, 1.54) is 30.6 Å². The third-order valence-corrected chi connectivity index (χ3v) is 3.92. The molecule has 0 saturated heterocycles. The highest BCUT2D eigenvalue weighted by Gasteiger charge is 2.24. The zero-order valence-corrected chi connectivity index (χ0v) is 12.1. The van der Waals surface area contributed by atoms with Gasteiger partial charge in [-0.15, -0.1) is 11.3 Å². The molecule has 0 spiro atoms. The van der Waals surface area contributed by atoms with Gasteiger partial charge in [-0.3, -0.25) is 4.79 Å². The molecule has 0 amide bonds. The molecule has 20 heavy (non-hydrogen) atoms. The number of halogens is 1. The molecule has 1 heterocycles. The Labute approximate surface area is 121 Å². The fourth-order valence-electron chi connectivity index (χ4n) is 1.79. The zero-order chi connectivity index (χ0) is 14.5. The summed E-state index contributed by atoms with van der Waals surface area (Å²) in [7, 11) is 1.35. The van der Waals surface area contributed by atoms with E-state index in [1.54, 1.807) is 12.1 Å². The Morgan fingerprint density at radius 2 is 2.15 bits per heavy atom. The van der Waals surface area contributed by atoms with E-state index in [1.807, 2.05) is 19.1 Å². The smallest absolute Gasteiger partial charge is 0.317 e. The van der Waals surface area contributed by atoms with Crippen molar-refractivity contribution in [2.45, 2.75) is 12.8 Å². The summed E-state index contributed by atoms with van der Waals surface area (Å²) in [5.74, 6) is -0.832. The molecule has 0 saturated carbocycles. The Hall–Kier alpha value is -1.88. The van der Waals surface area contributed by atoms with Crippen molar-refractivity contribution in [2.75, 3.05) is 13.7 Å². The predicted octanol–water partition coefficient (Wildman–Crippen LogP) is 3.53. The summed E-state index contributed by atoms with van der Waals surface area (Å²) in [6, 6.07) is 9.67. The lowest BCUT2D eigenvalue weighted by atomic mass is 10.1. The number of benzene rings is 1. The van der Waals surface area contributed by atoms with Crippen LogP contribution in [0.1, 0.15) is 15.7 Å². The SMILES string of the molecule is COC(=O)C(COc1cccc(F)c1)c1ccc(C)s1. The highest BCUT2D eigenvalue weighted by atomic mass is 32.1. The van der Waals surface area contributed by atoms with Gasteiger partial charge in [0.2, 0.25) is 0 Å². The maximum absolute atomic E-state index is 13.1. The van der Waals surface area contributed by atoms with Crippen molar-refractivity contribution in [1.29, 1.82) is 0 Å². The first-order valence-electron chi connectivity index (χ1n) is 6.12. The number of rotatable bonds is 5. The van der Waals surface area contributed by atoms with Crippen LogP contribution in [0.3, 0.4) is 0 Å². The van der Waals surface area contributed by atoms with Crippen LogP contribution in [0.25, 0.3) is 0 Å². The predicted molar refractivity (Wildman–Crippen MR) is 75.7 cm³/mol. The second-order valence-corrected chi connectivity index (χ2v) is 5.61. The van der Waals surface area contributed by atoms with Gasteiger partial charge in [-0.05, 0) is 31.2 Å². The molecule has 0 bridgehead atoms. The molecule has 2 rings (SSSR count). The van der Waals surface area contributed by atoms with Crippen molar-refractivity contribution < 1.29 is 18.7 Å². The molecule has 0 radical (unpaired) electrons. The minimum atomic E-state index is -0.498. The van der Waals surface area contributed by atoms with Crippen LogP contribution in [0.5, 0.6) is 5.75 Å². The summed E-state index contributed by atoms with van der Waals surface area (Å²) in [4.78, 5) is 13.8. The molecule has 2 aromatic rings. The van der Waals surface area contributed by atoms with Crippen LogP contribution < -0.4 is 4.74 Å². The molecule has 0 aliphatic rings. The molecule has 0 fully saturated rings. The average Bonchev–Trinajstić information content (AvgIpc) is 2.85. The quantitative estimate of drug-likeness (QED) is 0.791. The summed E-state index contributed by atoms with van der Waals surface area (Å²) in [6.45, 7) is 2.09. The molecule has 1 aromatic heterocycles. The van der Waals surface area contributed by atoms with E-state index in [4.69, 9.17) is 9.47 Å². The molecule has 106 valence electrons. The number of methoxy groups -OCH3 is 1. The Kier molecular flexibility index (Phi) is 4.74. The van der Waals surface area contributed by atoms with Crippen LogP contribution in [0.15, 0.2) is 36.4 Å². The van der Waals surface area contributed by atoms with Crippen LogP contribution in [0.4, 0.5) is 4.39 Å². The lowest BCUT2D eigenvalue weighted by molar-refractivity contribution is -0.143. The van der Waals surface area contributed by atoms with E-state index >= 15 is 0 Å². The van der Waals surface area contributed by atoms with Gasteiger partial charge in [0, 0.05) is 15.8 Å². The Balaban J connectivity index is 2.11. The van der Waals surface area contributed by atoms with Gasteiger partial charge in [0.25, 0.3) is 0 Å². The van der Waals surface area contributed by atoms with Gasteiger partial charge in [-0.1, -0.05) is 6.07 Å². The van der Waals surface area contributed by atoms with E-state index in [2.05, 4.69) is 0 Å². The van der Waals surface area contributed by atoms with Crippen molar-refractivity contribution in [3.8, 4) is 5.75 Å². The van der Waals surface area contributed by atoms with Crippen LogP contribution in [0.2, 0.25) is 0 Å². The van der Waals surface area contributed by atoms with Gasteiger partial charge in [0.15, 0.2) is 0 Å². The third kappa shape index (κ3) is 3.57. The summed E-state index contributed by atoms with van der Waals surface area (Å²) in [6.07, 6.45) is 0.